The van der Waals surface area contributed by atoms with Gasteiger partial charge >= 0.3 is 0 Å². The quantitative estimate of drug-likeness (QED) is 0.701. The van der Waals surface area contributed by atoms with Gasteiger partial charge in [0.25, 0.3) is 0 Å². The van der Waals surface area contributed by atoms with E-state index in [9.17, 15) is 4.79 Å². The summed E-state index contributed by atoms with van der Waals surface area (Å²) in [5, 5.41) is 3.93. The zero-order valence-electron chi connectivity index (χ0n) is 17.5. The molecule has 0 radical (unpaired) electrons. The molecular formula is C24H32ClN3O. The summed E-state index contributed by atoms with van der Waals surface area (Å²) in [6.07, 6.45) is 2.25. The first kappa shape index (κ1) is 21.8. The van der Waals surface area contributed by atoms with Gasteiger partial charge in [-0.25, -0.2) is 0 Å². The molecule has 0 unspecified atom stereocenters. The van der Waals surface area contributed by atoms with Gasteiger partial charge in [-0.3, -0.25) is 14.6 Å². The number of amides is 1. The second-order valence-corrected chi connectivity index (χ2v) is 8.40. The van der Waals surface area contributed by atoms with Crippen molar-refractivity contribution in [1.82, 2.24) is 15.1 Å². The number of piperazine rings is 1. The SMILES string of the molecule is CCCc1ccc([C@H](C)NC(=O)CN2CCN(Cc3cccc(Cl)c3)CC2)cc1. The number of hydrogen-bond donors (Lipinski definition) is 1. The number of nitrogens with zero attached hydrogens (tertiary/aromatic N) is 2. The minimum absolute atomic E-state index is 0.0299. The smallest absolute Gasteiger partial charge is 0.234 e. The van der Waals surface area contributed by atoms with Crippen LogP contribution in [0.3, 0.4) is 0 Å². The van der Waals surface area contributed by atoms with Crippen LogP contribution in [0.25, 0.3) is 0 Å². The fourth-order valence-electron chi connectivity index (χ4n) is 3.83. The Balaban J connectivity index is 1.41. The van der Waals surface area contributed by atoms with Crippen LogP contribution in [0.5, 0.6) is 0 Å². The second kappa shape index (κ2) is 10.8. The van der Waals surface area contributed by atoms with Crippen molar-refractivity contribution in [1.29, 1.82) is 0 Å². The lowest BCUT2D eigenvalue weighted by molar-refractivity contribution is -0.123. The maximum absolute atomic E-state index is 12.5. The molecule has 0 bridgehead atoms. The normalized spacial score (nSPS) is 16.5. The van der Waals surface area contributed by atoms with Crippen LogP contribution in [0.4, 0.5) is 0 Å². The van der Waals surface area contributed by atoms with Crippen LogP contribution in [-0.2, 0) is 17.8 Å². The number of halogens is 1. The van der Waals surface area contributed by atoms with Crippen molar-refractivity contribution in [2.75, 3.05) is 32.7 Å². The summed E-state index contributed by atoms with van der Waals surface area (Å²) in [5.74, 6) is 0.0958. The van der Waals surface area contributed by atoms with Gasteiger partial charge in [0.05, 0.1) is 12.6 Å². The zero-order valence-corrected chi connectivity index (χ0v) is 18.3. The van der Waals surface area contributed by atoms with Gasteiger partial charge in [-0.05, 0) is 42.2 Å². The van der Waals surface area contributed by atoms with Gasteiger partial charge in [0.15, 0.2) is 0 Å². The summed E-state index contributed by atoms with van der Waals surface area (Å²) in [7, 11) is 0. The van der Waals surface area contributed by atoms with E-state index in [2.05, 4.69) is 59.3 Å². The van der Waals surface area contributed by atoms with Gasteiger partial charge in [-0.2, -0.15) is 0 Å². The van der Waals surface area contributed by atoms with Gasteiger partial charge in [-0.1, -0.05) is 61.3 Å². The minimum atomic E-state index is 0.0299. The average Bonchev–Trinajstić information content (AvgIpc) is 2.70. The number of aryl methyl sites for hydroxylation is 1. The van der Waals surface area contributed by atoms with Crippen LogP contribution < -0.4 is 5.32 Å². The largest absolute Gasteiger partial charge is 0.348 e. The number of hydrogen-bond acceptors (Lipinski definition) is 3. The van der Waals surface area contributed by atoms with E-state index in [-0.39, 0.29) is 11.9 Å². The van der Waals surface area contributed by atoms with E-state index in [1.165, 1.54) is 11.1 Å². The van der Waals surface area contributed by atoms with Gasteiger partial charge in [0, 0.05) is 37.7 Å². The highest BCUT2D eigenvalue weighted by atomic mass is 35.5. The molecule has 29 heavy (non-hydrogen) atoms. The topological polar surface area (TPSA) is 35.6 Å². The summed E-state index contributed by atoms with van der Waals surface area (Å²) in [4.78, 5) is 17.1. The van der Waals surface area contributed by atoms with Gasteiger partial charge in [-0.15, -0.1) is 0 Å². The second-order valence-electron chi connectivity index (χ2n) is 7.96. The highest BCUT2D eigenvalue weighted by Gasteiger charge is 2.20. The third-order valence-electron chi connectivity index (χ3n) is 5.52. The van der Waals surface area contributed by atoms with Crippen LogP contribution in [0.15, 0.2) is 48.5 Å². The molecule has 2 aromatic carbocycles. The van der Waals surface area contributed by atoms with Crippen molar-refractivity contribution in [3.63, 3.8) is 0 Å². The van der Waals surface area contributed by atoms with Crippen molar-refractivity contribution in [2.24, 2.45) is 0 Å². The van der Waals surface area contributed by atoms with E-state index >= 15 is 0 Å². The first-order chi connectivity index (χ1) is 14.0. The molecule has 3 rings (SSSR count). The molecular weight excluding hydrogens is 382 g/mol. The lowest BCUT2D eigenvalue weighted by atomic mass is 10.0. The third kappa shape index (κ3) is 6.84. The zero-order chi connectivity index (χ0) is 20.6. The molecule has 0 aromatic heterocycles. The maximum atomic E-state index is 12.5. The fraction of sp³-hybridized carbons (Fsp3) is 0.458. The molecule has 5 heteroatoms. The van der Waals surface area contributed by atoms with Crippen LogP contribution in [0, 0.1) is 0 Å². The number of nitrogens with one attached hydrogen (secondary N) is 1. The van der Waals surface area contributed by atoms with Crippen molar-refractivity contribution in [3.8, 4) is 0 Å². The molecule has 1 saturated heterocycles. The molecule has 1 aliphatic rings. The van der Waals surface area contributed by atoms with Gasteiger partial charge < -0.3 is 5.32 Å². The molecule has 156 valence electrons. The maximum Gasteiger partial charge on any atom is 0.234 e. The molecule has 1 N–H and O–H groups in total. The van der Waals surface area contributed by atoms with Crippen LogP contribution in [0.1, 0.15) is 43.0 Å². The Bertz CT molecular complexity index is 785. The number of rotatable bonds is 8. The first-order valence-corrected chi connectivity index (χ1v) is 11.0. The van der Waals surface area contributed by atoms with E-state index in [1.807, 2.05) is 18.2 Å². The molecule has 1 amide bonds. The van der Waals surface area contributed by atoms with E-state index in [0.717, 1.165) is 56.2 Å². The summed E-state index contributed by atoms with van der Waals surface area (Å²) in [6.45, 7) is 9.36. The van der Waals surface area contributed by atoms with E-state index < -0.39 is 0 Å². The van der Waals surface area contributed by atoms with Crippen LogP contribution in [0.2, 0.25) is 5.02 Å². The molecule has 0 saturated carbocycles. The number of carbonyl (C=O) groups excluding carboxylic acids is 1. The van der Waals surface area contributed by atoms with Crippen molar-refractivity contribution in [3.05, 3.63) is 70.2 Å². The van der Waals surface area contributed by atoms with E-state index in [4.69, 9.17) is 11.6 Å². The molecule has 1 heterocycles. The lowest BCUT2D eigenvalue weighted by Crippen LogP contribution is -2.49. The Hall–Kier alpha value is -1.88. The highest BCUT2D eigenvalue weighted by Crippen LogP contribution is 2.16. The standard InChI is InChI=1S/C24H32ClN3O/c1-3-5-20-8-10-22(11-9-20)19(2)26-24(29)18-28-14-12-27(13-15-28)17-21-6-4-7-23(25)16-21/h4,6-11,16,19H,3,5,12-15,17-18H2,1-2H3,(H,26,29)/t19-/m0/s1. The molecule has 0 aliphatic carbocycles. The molecule has 1 fully saturated rings. The van der Waals surface area contributed by atoms with E-state index in [0.29, 0.717) is 6.54 Å². The fourth-order valence-corrected chi connectivity index (χ4v) is 4.05. The van der Waals surface area contributed by atoms with Gasteiger partial charge in [0.1, 0.15) is 0 Å². The summed E-state index contributed by atoms with van der Waals surface area (Å²) in [6, 6.07) is 16.7. The summed E-state index contributed by atoms with van der Waals surface area (Å²) >= 11 is 6.08. The van der Waals surface area contributed by atoms with E-state index in [1.54, 1.807) is 0 Å². The molecule has 4 nitrogen and oxygen atoms in total. The van der Waals surface area contributed by atoms with Crippen molar-refractivity contribution >= 4 is 17.5 Å². The number of carbonyl (C=O) groups is 1. The predicted octanol–water partition coefficient (Wildman–Crippen LogP) is 4.29. The van der Waals surface area contributed by atoms with Crippen molar-refractivity contribution < 1.29 is 4.79 Å². The summed E-state index contributed by atoms with van der Waals surface area (Å²) in [5.41, 5.74) is 3.75. The van der Waals surface area contributed by atoms with Gasteiger partial charge in [0.2, 0.25) is 5.91 Å². The van der Waals surface area contributed by atoms with Crippen LogP contribution in [-0.4, -0.2) is 48.4 Å². The average molecular weight is 414 g/mol. The monoisotopic (exact) mass is 413 g/mol. The Morgan fingerprint density at radius 1 is 1.03 bits per heavy atom. The predicted molar refractivity (Wildman–Crippen MR) is 120 cm³/mol. The molecule has 1 aliphatic heterocycles. The number of benzene rings is 2. The Kier molecular flexibility index (Phi) is 8.10. The first-order valence-electron chi connectivity index (χ1n) is 10.6. The Morgan fingerprint density at radius 2 is 1.72 bits per heavy atom. The molecule has 0 spiro atoms. The lowest BCUT2D eigenvalue weighted by Gasteiger charge is -2.34. The van der Waals surface area contributed by atoms with Crippen LogP contribution >= 0.6 is 11.6 Å². The Morgan fingerprint density at radius 3 is 2.38 bits per heavy atom. The molecule has 1 atom stereocenters. The highest BCUT2D eigenvalue weighted by molar-refractivity contribution is 6.30. The third-order valence-corrected chi connectivity index (χ3v) is 5.76. The van der Waals surface area contributed by atoms with Crippen molar-refractivity contribution in [2.45, 2.75) is 39.3 Å². The minimum Gasteiger partial charge on any atom is -0.348 e. The molecule has 2 aromatic rings. The Labute approximate surface area is 179 Å². The summed E-state index contributed by atoms with van der Waals surface area (Å²) < 4.78 is 0.